The van der Waals surface area contributed by atoms with Gasteiger partial charge in [0.2, 0.25) is 5.91 Å². The predicted octanol–water partition coefficient (Wildman–Crippen LogP) is -13.8. The Balaban J connectivity index is 0.000000451. The highest BCUT2D eigenvalue weighted by Crippen LogP contribution is 2.33. The van der Waals surface area contributed by atoms with Gasteiger partial charge in [-0.05, 0) is 47.5 Å². The average molecular weight is 1430 g/mol. The minimum Gasteiger partial charge on any atom is -0.394 e. The molecular weight excluding hydrogens is 1320 g/mol. The van der Waals surface area contributed by atoms with Crippen molar-refractivity contribution in [2.75, 3.05) is 46.2 Å². The van der Waals surface area contributed by atoms with Gasteiger partial charge in [-0.3, -0.25) is 9.59 Å². The van der Waals surface area contributed by atoms with E-state index in [1.807, 2.05) is 0 Å². The summed E-state index contributed by atoms with van der Waals surface area (Å²) in [6.07, 6.45) is -44.6. The van der Waals surface area contributed by atoms with Gasteiger partial charge in [-0.25, -0.2) is 0 Å². The molecular formula is C58H111NO38. The van der Waals surface area contributed by atoms with Crippen molar-refractivity contribution in [1.82, 2.24) is 5.32 Å². The third kappa shape index (κ3) is 23.3. The summed E-state index contributed by atoms with van der Waals surface area (Å²) in [7, 11) is 0. The van der Waals surface area contributed by atoms with Gasteiger partial charge in [0.15, 0.2) is 24.7 Å². The predicted molar refractivity (Wildman–Crippen MR) is 321 cm³/mol. The van der Waals surface area contributed by atoms with Crippen LogP contribution in [0.2, 0.25) is 0 Å². The molecule has 7 saturated heterocycles. The fraction of sp³-hybridized carbons (Fsp3) is 0.966. The molecule has 576 valence electrons. The lowest BCUT2D eigenvalue weighted by Gasteiger charge is -2.46. The summed E-state index contributed by atoms with van der Waals surface area (Å²) in [6, 6.07) is -0.703. The highest BCUT2D eigenvalue weighted by molar-refractivity contribution is 5.88. The van der Waals surface area contributed by atoms with Gasteiger partial charge in [-0.15, -0.1) is 0 Å². The molecule has 27 N–H and O–H groups in total. The fourth-order valence-electron chi connectivity index (χ4n) is 10.9. The average Bonchev–Trinajstić information content (AvgIpc) is 0.800. The molecule has 39 nitrogen and oxygen atoms in total. The molecule has 15 unspecified atom stereocenters. The number of carbonyl (C=O) groups is 2. The van der Waals surface area contributed by atoms with Gasteiger partial charge in [0.05, 0.1) is 88.7 Å². The Morgan fingerprint density at radius 1 is 0.340 bits per heavy atom. The largest absolute Gasteiger partial charge is 0.394 e. The SMILES string of the molecule is C.CC(=O)[C@@H](NC(=O)[C@@H](C)[C@@H](C)O[C@H]1OC(CO)[C@@H](O)[C@H](O)C1O[C@H]1OC(CO)[C@@H](O)[C@H](O)C1O)C(C)C.CC1OC(CO)[C@@H](O)[C@H](O)C1O.C[C@H]1OC(CO)[C@@H](O)[C@H](O)C1O.C[C@H]1OC(CO)[C@@H](O)[C@H](O)C1O.C[C@H]1OC(CO)[C@@H](O)[C@H](O)C1O[C@H]1OC(CO)[C@@H](O)[C@H](O)C1O. The summed E-state index contributed by atoms with van der Waals surface area (Å²) in [5, 5.41) is 250. The van der Waals surface area contributed by atoms with E-state index in [4.69, 9.17) is 72.9 Å². The van der Waals surface area contributed by atoms with Gasteiger partial charge in [0, 0.05) is 0 Å². The van der Waals surface area contributed by atoms with E-state index in [2.05, 4.69) is 5.32 Å². The van der Waals surface area contributed by atoms with E-state index in [9.17, 15) is 117 Å². The first-order valence-electron chi connectivity index (χ1n) is 31.3. The van der Waals surface area contributed by atoms with Crippen molar-refractivity contribution in [2.45, 2.75) is 296 Å². The number of hydrogen-bond acceptors (Lipinski definition) is 38. The van der Waals surface area contributed by atoms with E-state index in [-0.39, 0.29) is 38.9 Å². The van der Waals surface area contributed by atoms with E-state index in [0.717, 1.165) is 0 Å². The molecule has 97 heavy (non-hydrogen) atoms. The zero-order valence-corrected chi connectivity index (χ0v) is 54.5. The Kier molecular flexibility index (Phi) is 39.2. The molecule has 0 spiro atoms. The van der Waals surface area contributed by atoms with Gasteiger partial charge in [0.1, 0.15) is 171 Å². The minimum absolute atomic E-state index is 0. The number of nitrogens with one attached hydrogen (secondary N) is 1. The van der Waals surface area contributed by atoms with Crippen LogP contribution in [0.25, 0.3) is 0 Å². The number of ketones is 1. The summed E-state index contributed by atoms with van der Waals surface area (Å²) >= 11 is 0. The van der Waals surface area contributed by atoms with E-state index < -0.39 is 265 Å². The van der Waals surface area contributed by atoms with Gasteiger partial charge in [0.25, 0.3) is 0 Å². The fourth-order valence-corrected chi connectivity index (χ4v) is 10.9. The van der Waals surface area contributed by atoms with Crippen LogP contribution < -0.4 is 5.32 Å². The lowest BCUT2D eigenvalue weighted by Crippen LogP contribution is -2.65. The Morgan fingerprint density at radius 3 is 0.876 bits per heavy atom. The lowest BCUT2D eigenvalue weighted by atomic mass is 9.95. The molecule has 39 heteroatoms. The van der Waals surface area contributed by atoms with E-state index >= 15 is 0 Å². The van der Waals surface area contributed by atoms with Crippen molar-refractivity contribution in [3.05, 3.63) is 0 Å². The smallest absolute Gasteiger partial charge is 0.226 e. The van der Waals surface area contributed by atoms with Crippen molar-refractivity contribution >= 4 is 11.7 Å². The molecule has 7 fully saturated rings. The number of ether oxygens (including phenoxy) is 10. The molecule has 7 aliphatic heterocycles. The third-order valence-corrected chi connectivity index (χ3v) is 17.5. The summed E-state index contributed by atoms with van der Waals surface area (Å²) in [5.74, 6) is -1.67. The van der Waals surface area contributed by atoms with Crippen LogP contribution in [0.1, 0.15) is 69.7 Å². The Morgan fingerprint density at radius 2 is 0.588 bits per heavy atom. The molecule has 38 atom stereocenters. The van der Waals surface area contributed by atoms with Gasteiger partial charge >= 0.3 is 0 Å². The summed E-state index contributed by atoms with van der Waals surface area (Å²) in [6.45, 7) is 10.7. The topological polar surface area (TPSA) is 664 Å². The molecule has 0 aliphatic carbocycles. The van der Waals surface area contributed by atoms with Crippen LogP contribution in [-0.4, -0.2) is 417 Å². The Hall–Kier alpha value is -2.30. The molecule has 0 saturated carbocycles. The quantitative estimate of drug-likeness (QED) is 0.0606. The van der Waals surface area contributed by atoms with Crippen molar-refractivity contribution in [1.29, 1.82) is 0 Å². The monoisotopic (exact) mass is 1430 g/mol. The first-order chi connectivity index (χ1) is 44.8. The van der Waals surface area contributed by atoms with Crippen LogP contribution in [0.3, 0.4) is 0 Å². The number of hydrogen-bond donors (Lipinski definition) is 27. The van der Waals surface area contributed by atoms with Gasteiger partial charge in [-0.1, -0.05) is 28.2 Å². The molecule has 0 aromatic rings. The molecule has 0 radical (unpaired) electrons. The second-order valence-electron chi connectivity index (χ2n) is 24.9. The maximum atomic E-state index is 12.8. The van der Waals surface area contributed by atoms with Crippen LogP contribution in [0, 0.1) is 11.8 Å². The van der Waals surface area contributed by atoms with Crippen molar-refractivity contribution in [2.24, 2.45) is 11.8 Å². The second-order valence-corrected chi connectivity index (χ2v) is 24.9. The first-order valence-corrected chi connectivity index (χ1v) is 31.3. The highest BCUT2D eigenvalue weighted by atomic mass is 16.8. The van der Waals surface area contributed by atoms with Crippen LogP contribution in [-0.2, 0) is 57.0 Å². The molecule has 7 aliphatic rings. The summed E-state index contributed by atoms with van der Waals surface area (Å²) in [4.78, 5) is 24.7. The molecule has 1 amide bonds. The van der Waals surface area contributed by atoms with E-state index in [0.29, 0.717) is 0 Å². The highest BCUT2D eigenvalue weighted by Gasteiger charge is 2.53. The summed E-state index contributed by atoms with van der Waals surface area (Å²) in [5.41, 5.74) is 0. The third-order valence-electron chi connectivity index (χ3n) is 17.5. The number of amides is 1. The minimum atomic E-state index is -1.81. The molecule has 7 rings (SSSR count). The van der Waals surface area contributed by atoms with E-state index in [1.54, 1.807) is 41.5 Å². The number of rotatable bonds is 18. The van der Waals surface area contributed by atoms with Crippen LogP contribution in [0.15, 0.2) is 0 Å². The van der Waals surface area contributed by atoms with Crippen molar-refractivity contribution < 1.29 is 190 Å². The van der Waals surface area contributed by atoms with Crippen LogP contribution >= 0.6 is 0 Å². The normalized spacial score (nSPS) is 45.5. The Labute approximate surface area is 559 Å². The number of aliphatic hydroxyl groups excluding tert-OH is 26. The van der Waals surface area contributed by atoms with E-state index in [1.165, 1.54) is 20.8 Å². The second kappa shape index (κ2) is 41.9. The lowest BCUT2D eigenvalue weighted by molar-refractivity contribution is -0.371. The maximum absolute atomic E-state index is 12.8. The standard InChI is InChI=1S/C23H41NO13.C13H24O10.3C7H14O5.CH4/c1-8(2)14(10(4)27)24-21(33)9(3)11(5)34-23-20(18(31)16(29)13(7-26)36-23)37-22-19(32)17(30)15(28)12(6-25)35-22;1-4-12(10(19)8(17)5(2-14)21-4)23-13-11(20)9(18)7(16)6(3-15)22-13;3*1-3-5(9)7(11)6(10)4(2-8)12-3;/h8-9,11-20,22-23,25-26,28-32H,6-7H2,1-5H3,(H,24,33);4-20H,2-3H2,1H3;3*3-11H,2H2,1H3;1H4/t9-,11+,12?,13?,14-,15+,16+,17-,18-,19?,20?,22+,23-;4-,5?,6?,7-,8-,9+,10+,11?,12?,13-;3?,4?,5?,6-,7-;2*3-,4?,5?,6-,7-;/m01111./s1. The molecule has 0 bridgehead atoms. The molecule has 0 aromatic heterocycles. The zero-order valence-electron chi connectivity index (χ0n) is 54.5. The van der Waals surface area contributed by atoms with Crippen LogP contribution in [0.4, 0.5) is 0 Å². The van der Waals surface area contributed by atoms with Gasteiger partial charge < -0.3 is 185 Å². The van der Waals surface area contributed by atoms with Crippen molar-refractivity contribution in [3.63, 3.8) is 0 Å². The van der Waals surface area contributed by atoms with Crippen molar-refractivity contribution in [3.8, 4) is 0 Å². The van der Waals surface area contributed by atoms with Gasteiger partial charge in [-0.2, -0.15) is 0 Å². The summed E-state index contributed by atoms with van der Waals surface area (Å²) < 4.78 is 53.3. The Bertz CT molecular complexity index is 2110. The van der Waals surface area contributed by atoms with Crippen LogP contribution in [0.5, 0.6) is 0 Å². The number of carbonyl (C=O) groups excluding carboxylic acids is 2. The number of aliphatic hydroxyl groups is 26. The number of Topliss-reactive ketones (excluding diaryl/α,β-unsaturated/α-hetero) is 1. The first kappa shape index (κ1) is 90.8. The molecule has 0 aromatic carbocycles. The maximum Gasteiger partial charge on any atom is 0.226 e. The zero-order chi connectivity index (χ0) is 73.4. The molecule has 7 heterocycles.